The fourth-order valence-electron chi connectivity index (χ4n) is 3.33. The minimum Gasteiger partial charge on any atom is -0.457 e. The van der Waals surface area contributed by atoms with Crippen molar-refractivity contribution in [2.24, 2.45) is 0 Å². The van der Waals surface area contributed by atoms with Gasteiger partial charge in [0.25, 0.3) is 0 Å². The van der Waals surface area contributed by atoms with E-state index in [2.05, 4.69) is 10.3 Å². The van der Waals surface area contributed by atoms with Gasteiger partial charge in [0.1, 0.15) is 28.7 Å². The molecule has 4 nitrogen and oxygen atoms in total. The number of ether oxygens (including phenoxy) is 1. The Hall–Kier alpha value is -3.80. The molecule has 0 spiro atoms. The van der Waals surface area contributed by atoms with E-state index in [1.54, 1.807) is 28.9 Å². The molecule has 0 N–H and O–H groups in total. The topological polar surface area (TPSA) is 39.9 Å². The number of hydrogen-bond acceptors (Lipinski definition) is 3. The van der Waals surface area contributed by atoms with E-state index in [-0.39, 0.29) is 17.7 Å². The van der Waals surface area contributed by atoms with Crippen LogP contribution in [0.1, 0.15) is 17.2 Å². The Morgan fingerprint density at radius 2 is 1.28 bits per heavy atom. The summed E-state index contributed by atoms with van der Waals surface area (Å²) in [5, 5.41) is 8.53. The highest BCUT2D eigenvalue weighted by atomic mass is 19.1. The molecule has 6 heteroatoms. The van der Waals surface area contributed by atoms with Crippen molar-refractivity contribution in [2.45, 2.75) is 6.04 Å². The molecule has 5 rings (SSSR count). The Kier molecular flexibility index (Phi) is 4.17. The van der Waals surface area contributed by atoms with Crippen LogP contribution in [0.3, 0.4) is 0 Å². The number of nitrogens with zero attached hydrogens (tertiary/aromatic N) is 3. The maximum Gasteiger partial charge on any atom is 0.133 e. The van der Waals surface area contributed by atoms with E-state index < -0.39 is 0 Å². The van der Waals surface area contributed by atoms with E-state index in [9.17, 15) is 8.78 Å². The van der Waals surface area contributed by atoms with Gasteiger partial charge in [0.2, 0.25) is 0 Å². The molecule has 0 unspecified atom stereocenters. The first kappa shape index (κ1) is 17.3. The molecular formula is C23H15F2N3O. The second-order valence-electron chi connectivity index (χ2n) is 6.69. The highest BCUT2D eigenvalue weighted by molar-refractivity contribution is 5.77. The molecule has 142 valence electrons. The number of rotatable bonds is 3. The smallest absolute Gasteiger partial charge is 0.133 e. The third-order valence-electron chi connectivity index (χ3n) is 4.78. The lowest BCUT2D eigenvalue weighted by atomic mass is 10.0. The second kappa shape index (κ2) is 6.98. The number of aromatic nitrogens is 3. The van der Waals surface area contributed by atoms with Gasteiger partial charge in [-0.3, -0.25) is 0 Å². The molecule has 1 aliphatic heterocycles. The molecule has 0 radical (unpaired) electrons. The van der Waals surface area contributed by atoms with Crippen molar-refractivity contribution in [2.75, 3.05) is 0 Å². The highest BCUT2D eigenvalue weighted by Crippen LogP contribution is 2.35. The van der Waals surface area contributed by atoms with Crippen molar-refractivity contribution in [3.05, 3.63) is 108 Å². The van der Waals surface area contributed by atoms with Crippen LogP contribution in [0.25, 0.3) is 22.6 Å². The zero-order valence-corrected chi connectivity index (χ0v) is 15.2. The van der Waals surface area contributed by atoms with Crippen LogP contribution in [0.5, 0.6) is 0 Å². The van der Waals surface area contributed by atoms with Crippen LogP contribution in [0.15, 0.2) is 84.9 Å². The minimum absolute atomic E-state index is 0.281. The van der Waals surface area contributed by atoms with Crippen LogP contribution < -0.4 is 0 Å². The van der Waals surface area contributed by atoms with E-state index in [4.69, 9.17) is 4.74 Å². The van der Waals surface area contributed by atoms with Gasteiger partial charge in [0.05, 0.1) is 11.6 Å². The molecule has 0 fully saturated rings. The Balaban J connectivity index is 1.63. The largest absolute Gasteiger partial charge is 0.457 e. The average molecular weight is 387 g/mol. The molecule has 4 aromatic rings. The number of hydrogen-bond donors (Lipinski definition) is 0. The summed E-state index contributed by atoms with van der Waals surface area (Å²) in [6.07, 6.45) is 3.81. The van der Waals surface area contributed by atoms with Crippen molar-refractivity contribution in [3.8, 4) is 0 Å². The van der Waals surface area contributed by atoms with Gasteiger partial charge in [0.15, 0.2) is 0 Å². The highest BCUT2D eigenvalue weighted by Gasteiger charge is 2.22. The molecular weight excluding hydrogens is 372 g/mol. The van der Waals surface area contributed by atoms with Gasteiger partial charge in [-0.25, -0.2) is 13.5 Å². The Morgan fingerprint density at radius 3 is 1.86 bits per heavy atom. The summed E-state index contributed by atoms with van der Waals surface area (Å²) in [6, 6.07) is 19.6. The zero-order chi connectivity index (χ0) is 19.8. The zero-order valence-electron chi connectivity index (χ0n) is 15.2. The predicted octanol–water partition coefficient (Wildman–Crippen LogP) is 5.36. The fraction of sp³-hybridized carbons (Fsp3) is 0.0435. The summed E-state index contributed by atoms with van der Waals surface area (Å²) in [7, 11) is 0. The van der Waals surface area contributed by atoms with Crippen molar-refractivity contribution >= 4 is 22.6 Å². The molecule has 2 heterocycles. The molecule has 0 aliphatic carbocycles. The SMILES string of the molecule is Fc1ccc(C2=CC(n3nnc4ccccc43)C=C(c3ccc(F)cc3)O2)cc1. The van der Waals surface area contributed by atoms with Gasteiger partial charge < -0.3 is 4.74 Å². The first-order valence-electron chi connectivity index (χ1n) is 9.11. The standard InChI is InChI=1S/C23H15F2N3O/c24-17-9-5-15(6-10-17)22-13-19(28-21-4-2-1-3-20(21)26-27-28)14-23(29-22)16-7-11-18(25)12-8-16/h1-14,19H. The van der Waals surface area contributed by atoms with Gasteiger partial charge in [-0.05, 0) is 72.8 Å². The van der Waals surface area contributed by atoms with Crippen LogP contribution >= 0.6 is 0 Å². The quantitative estimate of drug-likeness (QED) is 0.475. The van der Waals surface area contributed by atoms with E-state index in [0.29, 0.717) is 11.5 Å². The van der Waals surface area contributed by atoms with Crippen molar-refractivity contribution in [1.82, 2.24) is 15.0 Å². The summed E-state index contributed by atoms with van der Waals surface area (Å²) in [4.78, 5) is 0. The Labute approximate surface area is 165 Å². The second-order valence-corrected chi connectivity index (χ2v) is 6.69. The number of fused-ring (bicyclic) bond motifs is 1. The Morgan fingerprint density at radius 1 is 0.724 bits per heavy atom. The molecule has 0 amide bonds. The monoisotopic (exact) mass is 387 g/mol. The maximum absolute atomic E-state index is 13.4. The summed E-state index contributed by atoms with van der Waals surface area (Å²) in [6.45, 7) is 0. The molecule has 0 saturated heterocycles. The Bertz CT molecular complexity index is 1180. The van der Waals surface area contributed by atoms with E-state index in [1.807, 2.05) is 36.4 Å². The van der Waals surface area contributed by atoms with Gasteiger partial charge in [-0.15, -0.1) is 5.10 Å². The van der Waals surface area contributed by atoms with E-state index in [1.165, 1.54) is 24.3 Å². The third-order valence-corrected chi connectivity index (χ3v) is 4.78. The van der Waals surface area contributed by atoms with Crippen LogP contribution in [-0.2, 0) is 4.74 Å². The van der Waals surface area contributed by atoms with E-state index in [0.717, 1.165) is 22.2 Å². The van der Waals surface area contributed by atoms with Crippen molar-refractivity contribution in [1.29, 1.82) is 0 Å². The average Bonchev–Trinajstić information content (AvgIpc) is 3.19. The maximum atomic E-state index is 13.4. The lowest BCUT2D eigenvalue weighted by molar-refractivity contribution is 0.445. The molecule has 0 atom stereocenters. The lowest BCUT2D eigenvalue weighted by Gasteiger charge is -2.23. The number of benzene rings is 3. The third kappa shape index (κ3) is 3.29. The summed E-state index contributed by atoms with van der Waals surface area (Å²) in [5.74, 6) is 0.490. The van der Waals surface area contributed by atoms with Gasteiger partial charge in [-0.1, -0.05) is 17.3 Å². The fourth-order valence-corrected chi connectivity index (χ4v) is 3.33. The summed E-state index contributed by atoms with van der Waals surface area (Å²) >= 11 is 0. The molecule has 3 aromatic carbocycles. The number of para-hydroxylation sites is 1. The number of allylic oxidation sites excluding steroid dienone is 2. The van der Waals surface area contributed by atoms with Crippen molar-refractivity contribution < 1.29 is 13.5 Å². The van der Waals surface area contributed by atoms with Crippen LogP contribution in [-0.4, -0.2) is 15.0 Å². The first-order valence-corrected chi connectivity index (χ1v) is 9.11. The van der Waals surface area contributed by atoms with Crippen LogP contribution in [0.4, 0.5) is 8.78 Å². The predicted molar refractivity (Wildman–Crippen MR) is 106 cm³/mol. The summed E-state index contributed by atoms with van der Waals surface area (Å²) < 4.78 is 34.6. The lowest BCUT2D eigenvalue weighted by Crippen LogP contribution is -2.12. The molecule has 0 saturated carbocycles. The summed E-state index contributed by atoms with van der Waals surface area (Å²) in [5.41, 5.74) is 3.12. The number of halogens is 2. The molecule has 1 aromatic heterocycles. The molecule has 1 aliphatic rings. The van der Waals surface area contributed by atoms with Crippen LogP contribution in [0, 0.1) is 11.6 Å². The van der Waals surface area contributed by atoms with Gasteiger partial charge in [0, 0.05) is 11.1 Å². The molecule has 0 bridgehead atoms. The van der Waals surface area contributed by atoms with Crippen molar-refractivity contribution in [3.63, 3.8) is 0 Å². The molecule has 29 heavy (non-hydrogen) atoms. The minimum atomic E-state index is -0.321. The van der Waals surface area contributed by atoms with Crippen LogP contribution in [0.2, 0.25) is 0 Å². The first-order chi connectivity index (χ1) is 14.2. The van der Waals surface area contributed by atoms with Gasteiger partial charge in [-0.2, -0.15) is 0 Å². The van der Waals surface area contributed by atoms with Gasteiger partial charge >= 0.3 is 0 Å². The normalized spacial score (nSPS) is 14.4. The van der Waals surface area contributed by atoms with E-state index >= 15 is 0 Å².